The van der Waals surface area contributed by atoms with Crippen molar-refractivity contribution < 1.29 is 21.9 Å². The first-order chi connectivity index (χ1) is 16.7. The maximum atomic E-state index is 14.5. The molecule has 0 aromatic heterocycles. The highest BCUT2D eigenvalue weighted by Gasteiger charge is 2.21. The molecule has 0 heterocycles. The number of ether oxygens (including phenoxy) is 1. The molecule has 35 heavy (non-hydrogen) atoms. The van der Waals surface area contributed by atoms with Crippen molar-refractivity contribution in [3.05, 3.63) is 89.0 Å². The Labute approximate surface area is 205 Å². The summed E-state index contributed by atoms with van der Waals surface area (Å²) in [6.45, 7) is 3.13. The first-order valence-electron chi connectivity index (χ1n) is 11.7. The van der Waals surface area contributed by atoms with Gasteiger partial charge in [0.05, 0.1) is 18.6 Å². The molecule has 0 unspecified atom stereocenters. The van der Waals surface area contributed by atoms with Gasteiger partial charge in [0.2, 0.25) is 10.0 Å². The van der Waals surface area contributed by atoms with Crippen molar-refractivity contribution in [1.82, 2.24) is 0 Å². The van der Waals surface area contributed by atoms with E-state index in [1.807, 2.05) is 42.2 Å². The average molecular weight is 501 g/mol. The molecular formula is C27H30F2N2O3S. The second-order valence-electron chi connectivity index (χ2n) is 9.14. The molecule has 5 nitrogen and oxygen atoms in total. The van der Waals surface area contributed by atoms with Gasteiger partial charge in [0.1, 0.15) is 17.4 Å². The summed E-state index contributed by atoms with van der Waals surface area (Å²) < 4.78 is 60.0. The molecule has 0 saturated heterocycles. The van der Waals surface area contributed by atoms with Crippen molar-refractivity contribution in [3.63, 3.8) is 0 Å². The van der Waals surface area contributed by atoms with Crippen molar-refractivity contribution in [2.45, 2.75) is 39.3 Å². The maximum Gasteiger partial charge on any atom is 0.229 e. The Balaban J connectivity index is 1.58. The van der Waals surface area contributed by atoms with Crippen LogP contribution in [0, 0.1) is 24.5 Å². The lowest BCUT2D eigenvalue weighted by molar-refractivity contribution is 0.302. The van der Waals surface area contributed by atoms with Gasteiger partial charge in [-0.25, -0.2) is 17.2 Å². The van der Waals surface area contributed by atoms with Crippen molar-refractivity contribution in [3.8, 4) is 5.75 Å². The van der Waals surface area contributed by atoms with Crippen LogP contribution in [-0.4, -0.2) is 21.3 Å². The molecule has 0 bridgehead atoms. The smallest absolute Gasteiger partial charge is 0.229 e. The van der Waals surface area contributed by atoms with E-state index in [4.69, 9.17) is 4.74 Å². The van der Waals surface area contributed by atoms with Gasteiger partial charge in [-0.3, -0.25) is 4.72 Å². The molecule has 0 radical (unpaired) electrons. The van der Waals surface area contributed by atoms with E-state index in [-0.39, 0.29) is 6.54 Å². The van der Waals surface area contributed by atoms with Crippen LogP contribution in [0.5, 0.6) is 5.75 Å². The third-order valence-corrected chi connectivity index (χ3v) is 6.70. The van der Waals surface area contributed by atoms with Crippen molar-refractivity contribution in [2.24, 2.45) is 5.92 Å². The summed E-state index contributed by atoms with van der Waals surface area (Å²) >= 11 is 0. The van der Waals surface area contributed by atoms with Gasteiger partial charge in [0.15, 0.2) is 0 Å². The number of sulfonamides is 1. The first-order valence-corrected chi connectivity index (χ1v) is 13.5. The summed E-state index contributed by atoms with van der Waals surface area (Å²) in [4.78, 5) is 1.95. The summed E-state index contributed by atoms with van der Waals surface area (Å²) in [5, 5.41) is 0. The van der Waals surface area contributed by atoms with E-state index in [0.717, 1.165) is 41.7 Å². The molecule has 3 aromatic carbocycles. The Kier molecular flexibility index (Phi) is 7.60. The molecule has 1 aliphatic rings. The van der Waals surface area contributed by atoms with Gasteiger partial charge in [0, 0.05) is 30.4 Å². The maximum absolute atomic E-state index is 14.5. The van der Waals surface area contributed by atoms with E-state index in [0.29, 0.717) is 30.0 Å². The monoisotopic (exact) mass is 500 g/mol. The lowest BCUT2D eigenvalue weighted by atomic mass is 10.1. The zero-order valence-corrected chi connectivity index (χ0v) is 20.7. The molecule has 0 spiro atoms. The third kappa shape index (κ3) is 7.18. The van der Waals surface area contributed by atoms with E-state index in [1.165, 1.54) is 25.0 Å². The molecular weight excluding hydrogens is 470 g/mol. The van der Waals surface area contributed by atoms with Gasteiger partial charge < -0.3 is 9.64 Å². The highest BCUT2D eigenvalue weighted by molar-refractivity contribution is 7.92. The number of nitrogens with zero attached hydrogens (tertiary/aromatic N) is 1. The van der Waals surface area contributed by atoms with Crippen LogP contribution in [0.15, 0.2) is 60.7 Å². The molecule has 8 heteroatoms. The average Bonchev–Trinajstić information content (AvgIpc) is 3.61. The topological polar surface area (TPSA) is 58.6 Å². The number of halogens is 2. The Hall–Kier alpha value is -3.13. The quantitative estimate of drug-likeness (QED) is 0.349. The van der Waals surface area contributed by atoms with Crippen LogP contribution in [0.4, 0.5) is 20.2 Å². The predicted molar refractivity (Wildman–Crippen MR) is 135 cm³/mol. The second-order valence-corrected chi connectivity index (χ2v) is 10.9. The van der Waals surface area contributed by atoms with Gasteiger partial charge in [-0.1, -0.05) is 37.1 Å². The highest BCUT2D eigenvalue weighted by Crippen LogP contribution is 2.33. The number of rotatable bonds is 11. The molecule has 1 fully saturated rings. The second kappa shape index (κ2) is 10.6. The number of hydrogen-bond donors (Lipinski definition) is 1. The standard InChI is InChI=1S/C27H30F2N2O3S/c1-19-26(30-35(2,32)33)4-3-5-27(19)31(18-22-10-11-23(28)16-25(22)29)17-21-8-12-24(13-9-21)34-15-14-20-6-7-20/h3-5,8-13,16,20,30H,6-7,14-15,17-18H2,1-2H3. The summed E-state index contributed by atoms with van der Waals surface area (Å²) in [6.07, 6.45) is 4.77. The number of hydrogen-bond acceptors (Lipinski definition) is 4. The zero-order valence-electron chi connectivity index (χ0n) is 19.9. The van der Waals surface area contributed by atoms with Crippen LogP contribution in [-0.2, 0) is 23.1 Å². The van der Waals surface area contributed by atoms with E-state index in [9.17, 15) is 17.2 Å². The van der Waals surface area contributed by atoms with Gasteiger partial charge in [0.25, 0.3) is 0 Å². The molecule has 186 valence electrons. The lowest BCUT2D eigenvalue weighted by Gasteiger charge is -2.28. The van der Waals surface area contributed by atoms with Crippen LogP contribution in [0.1, 0.15) is 36.0 Å². The first kappa shape index (κ1) is 25.0. The number of anilines is 2. The summed E-state index contributed by atoms with van der Waals surface area (Å²) in [6, 6.07) is 16.6. The molecule has 1 saturated carbocycles. The van der Waals surface area contributed by atoms with Gasteiger partial charge in [-0.05, 0) is 60.7 Å². The van der Waals surface area contributed by atoms with E-state index < -0.39 is 21.7 Å². The summed E-state index contributed by atoms with van der Waals surface area (Å²) in [7, 11) is -3.47. The summed E-state index contributed by atoms with van der Waals surface area (Å²) in [5.41, 5.74) is 3.22. The van der Waals surface area contributed by atoms with Gasteiger partial charge in [-0.15, -0.1) is 0 Å². The molecule has 1 N–H and O–H groups in total. The largest absolute Gasteiger partial charge is 0.494 e. The molecule has 0 atom stereocenters. The van der Waals surface area contributed by atoms with Crippen LogP contribution in [0.2, 0.25) is 0 Å². The van der Waals surface area contributed by atoms with E-state index in [1.54, 1.807) is 12.1 Å². The fourth-order valence-corrected chi connectivity index (χ4v) is 4.64. The minimum atomic E-state index is -3.47. The van der Waals surface area contributed by atoms with Gasteiger partial charge in [-0.2, -0.15) is 0 Å². The fraction of sp³-hybridized carbons (Fsp3) is 0.333. The van der Waals surface area contributed by atoms with Crippen molar-refractivity contribution in [2.75, 3.05) is 22.5 Å². The predicted octanol–water partition coefficient (Wildman–Crippen LogP) is 6.03. The van der Waals surface area contributed by atoms with Crippen molar-refractivity contribution in [1.29, 1.82) is 0 Å². The van der Waals surface area contributed by atoms with Crippen LogP contribution in [0.3, 0.4) is 0 Å². The lowest BCUT2D eigenvalue weighted by Crippen LogP contribution is -2.24. The zero-order chi connectivity index (χ0) is 25.0. The number of benzene rings is 3. The molecule has 3 aromatic rings. The van der Waals surface area contributed by atoms with E-state index >= 15 is 0 Å². The van der Waals surface area contributed by atoms with Crippen LogP contribution >= 0.6 is 0 Å². The molecule has 0 aliphatic heterocycles. The Morgan fingerprint density at radius 3 is 2.43 bits per heavy atom. The highest BCUT2D eigenvalue weighted by atomic mass is 32.2. The van der Waals surface area contributed by atoms with Crippen LogP contribution < -0.4 is 14.4 Å². The normalized spacial score (nSPS) is 13.5. The third-order valence-electron chi connectivity index (χ3n) is 6.11. The molecule has 0 amide bonds. The Morgan fingerprint density at radius 1 is 1.03 bits per heavy atom. The van der Waals surface area contributed by atoms with Crippen LogP contribution in [0.25, 0.3) is 0 Å². The SMILES string of the molecule is Cc1c(NS(C)(=O)=O)cccc1N(Cc1ccc(OCCC2CC2)cc1)Cc1ccc(F)cc1F. The molecule has 1 aliphatic carbocycles. The summed E-state index contributed by atoms with van der Waals surface area (Å²) in [5.74, 6) is 0.357. The Bertz CT molecular complexity index is 1280. The fourth-order valence-electron chi connectivity index (χ4n) is 4.02. The minimum Gasteiger partial charge on any atom is -0.494 e. The Morgan fingerprint density at radius 2 is 1.77 bits per heavy atom. The van der Waals surface area contributed by atoms with E-state index in [2.05, 4.69) is 4.72 Å². The molecule has 4 rings (SSSR count). The van der Waals surface area contributed by atoms with Gasteiger partial charge >= 0.3 is 0 Å². The number of nitrogens with one attached hydrogen (secondary N) is 1. The van der Waals surface area contributed by atoms with Crippen molar-refractivity contribution >= 4 is 21.4 Å². The minimum absolute atomic E-state index is 0.176.